The smallest absolute Gasteiger partial charge is 0.225 e. The maximum atomic E-state index is 12.7. The number of hydrogen-bond acceptors (Lipinski definition) is 4. The molecule has 1 unspecified atom stereocenters. The van der Waals surface area contributed by atoms with Crippen LogP contribution in [0.4, 0.5) is 0 Å². The molecule has 1 saturated carbocycles. The zero-order chi connectivity index (χ0) is 20.9. The Balaban J connectivity index is 1.27. The van der Waals surface area contributed by atoms with Crippen LogP contribution in [0, 0.1) is 11.8 Å². The highest BCUT2D eigenvalue weighted by Gasteiger charge is 2.36. The Morgan fingerprint density at radius 1 is 1.10 bits per heavy atom. The van der Waals surface area contributed by atoms with Crippen molar-refractivity contribution < 1.29 is 14.3 Å². The van der Waals surface area contributed by atoms with Crippen LogP contribution in [0.3, 0.4) is 0 Å². The predicted molar refractivity (Wildman–Crippen MR) is 114 cm³/mol. The van der Waals surface area contributed by atoms with Gasteiger partial charge in [0.25, 0.3) is 0 Å². The molecule has 6 nitrogen and oxygen atoms in total. The first kappa shape index (κ1) is 20.4. The summed E-state index contributed by atoms with van der Waals surface area (Å²) in [6.45, 7) is 3.78. The van der Waals surface area contributed by atoms with Gasteiger partial charge in [-0.05, 0) is 62.4 Å². The third-order valence-corrected chi connectivity index (χ3v) is 5.93. The summed E-state index contributed by atoms with van der Waals surface area (Å²) >= 11 is 0. The lowest BCUT2D eigenvalue weighted by molar-refractivity contribution is -0.136. The monoisotopic (exact) mass is 407 g/mol. The van der Waals surface area contributed by atoms with Gasteiger partial charge >= 0.3 is 0 Å². The molecule has 6 heteroatoms. The number of amides is 2. The topological polar surface area (TPSA) is 71.5 Å². The van der Waals surface area contributed by atoms with Crippen LogP contribution in [-0.2, 0) is 16.2 Å². The van der Waals surface area contributed by atoms with Crippen LogP contribution >= 0.6 is 0 Å². The molecule has 0 spiro atoms. The fraction of sp³-hybridized carbons (Fsp3) is 0.458. The van der Waals surface area contributed by atoms with Crippen molar-refractivity contribution in [3.8, 4) is 5.75 Å². The number of likely N-dealkylation sites (tertiary alicyclic amines) is 1. The number of benzene rings is 1. The average molecular weight is 408 g/mol. The number of carbonyl (C=O) groups is 2. The molecule has 1 N–H and O–H groups in total. The number of pyridine rings is 1. The van der Waals surface area contributed by atoms with Crippen LogP contribution in [0.25, 0.3) is 0 Å². The van der Waals surface area contributed by atoms with E-state index in [1.54, 1.807) is 6.20 Å². The Labute approximate surface area is 177 Å². The Bertz CT molecular complexity index is 874. The van der Waals surface area contributed by atoms with E-state index in [2.05, 4.69) is 10.3 Å². The van der Waals surface area contributed by atoms with Gasteiger partial charge in [0.1, 0.15) is 12.4 Å². The number of rotatable bonds is 7. The SMILES string of the molecule is CC(NC(=O)C1CCN(C(=O)C2CC2)CC1)c1cccc(OCc2ccccn2)c1. The number of carbonyl (C=O) groups excluding carboxylic acids is 2. The molecule has 1 aliphatic heterocycles. The zero-order valence-electron chi connectivity index (χ0n) is 17.4. The molecule has 1 aliphatic carbocycles. The third-order valence-electron chi connectivity index (χ3n) is 5.93. The van der Waals surface area contributed by atoms with Crippen LogP contribution in [0.1, 0.15) is 49.9 Å². The molecular weight excluding hydrogens is 378 g/mol. The summed E-state index contributed by atoms with van der Waals surface area (Å²) in [5.41, 5.74) is 1.87. The Hall–Kier alpha value is -2.89. The largest absolute Gasteiger partial charge is 0.487 e. The highest BCUT2D eigenvalue weighted by atomic mass is 16.5. The van der Waals surface area contributed by atoms with Crippen molar-refractivity contribution >= 4 is 11.8 Å². The van der Waals surface area contributed by atoms with Gasteiger partial charge < -0.3 is 15.0 Å². The van der Waals surface area contributed by atoms with Crippen molar-refractivity contribution in [2.24, 2.45) is 11.8 Å². The van der Waals surface area contributed by atoms with Crippen molar-refractivity contribution in [3.05, 3.63) is 59.9 Å². The van der Waals surface area contributed by atoms with Crippen molar-refractivity contribution in [2.75, 3.05) is 13.1 Å². The van der Waals surface area contributed by atoms with Crippen molar-refractivity contribution in [1.82, 2.24) is 15.2 Å². The fourth-order valence-electron chi connectivity index (χ4n) is 3.88. The van der Waals surface area contributed by atoms with Gasteiger partial charge in [0.2, 0.25) is 11.8 Å². The standard InChI is InChI=1S/C24H29N3O3/c1-17(20-5-4-7-22(15-20)30-16-21-6-2-3-12-25-21)26-23(28)18-10-13-27(14-11-18)24(29)19-8-9-19/h2-7,12,15,17-19H,8-11,13-14,16H2,1H3,(H,26,28). The summed E-state index contributed by atoms with van der Waals surface area (Å²) in [6, 6.07) is 13.4. The second-order valence-electron chi connectivity index (χ2n) is 8.29. The van der Waals surface area contributed by atoms with E-state index < -0.39 is 0 Å². The normalized spacial score (nSPS) is 18.0. The Morgan fingerprint density at radius 2 is 1.90 bits per heavy atom. The van der Waals surface area contributed by atoms with Crippen LogP contribution in [-0.4, -0.2) is 34.8 Å². The lowest BCUT2D eigenvalue weighted by Crippen LogP contribution is -2.44. The van der Waals surface area contributed by atoms with Gasteiger partial charge in [0.15, 0.2) is 0 Å². The predicted octanol–water partition coefficient (Wildman–Crippen LogP) is 3.49. The first-order chi connectivity index (χ1) is 14.6. The van der Waals surface area contributed by atoms with E-state index >= 15 is 0 Å². The van der Waals surface area contributed by atoms with E-state index in [0.717, 1.165) is 42.7 Å². The second-order valence-corrected chi connectivity index (χ2v) is 8.29. The quantitative estimate of drug-likeness (QED) is 0.763. The summed E-state index contributed by atoms with van der Waals surface area (Å²) in [7, 11) is 0. The van der Waals surface area contributed by atoms with Gasteiger partial charge in [-0.1, -0.05) is 18.2 Å². The number of hydrogen-bond donors (Lipinski definition) is 1. The van der Waals surface area contributed by atoms with Crippen LogP contribution in [0.5, 0.6) is 5.75 Å². The van der Waals surface area contributed by atoms with Gasteiger partial charge in [-0.3, -0.25) is 14.6 Å². The molecule has 1 saturated heterocycles. The molecule has 2 amide bonds. The lowest BCUT2D eigenvalue weighted by Gasteiger charge is -2.32. The maximum Gasteiger partial charge on any atom is 0.225 e. The summed E-state index contributed by atoms with van der Waals surface area (Å²) < 4.78 is 5.85. The molecule has 2 aliphatic rings. The molecule has 158 valence electrons. The van der Waals surface area contributed by atoms with Gasteiger partial charge in [0, 0.05) is 31.1 Å². The van der Waals surface area contributed by atoms with Crippen molar-refractivity contribution in [3.63, 3.8) is 0 Å². The molecule has 2 fully saturated rings. The lowest BCUT2D eigenvalue weighted by atomic mass is 9.95. The van der Waals surface area contributed by atoms with Gasteiger partial charge in [-0.25, -0.2) is 0 Å². The number of ether oxygens (including phenoxy) is 1. The Morgan fingerprint density at radius 3 is 2.60 bits per heavy atom. The van der Waals surface area contributed by atoms with Gasteiger partial charge in [-0.15, -0.1) is 0 Å². The Kier molecular flexibility index (Phi) is 6.31. The van der Waals surface area contributed by atoms with Crippen LogP contribution < -0.4 is 10.1 Å². The molecule has 0 bridgehead atoms. The molecule has 1 aromatic heterocycles. The van der Waals surface area contributed by atoms with E-state index in [4.69, 9.17) is 4.74 Å². The minimum Gasteiger partial charge on any atom is -0.487 e. The second kappa shape index (κ2) is 9.28. The van der Waals surface area contributed by atoms with E-state index in [1.165, 1.54) is 0 Å². The first-order valence-electron chi connectivity index (χ1n) is 10.8. The molecule has 2 heterocycles. The van der Waals surface area contributed by atoms with Gasteiger partial charge in [-0.2, -0.15) is 0 Å². The van der Waals surface area contributed by atoms with Crippen molar-refractivity contribution in [2.45, 2.75) is 45.3 Å². The molecule has 1 atom stereocenters. The van der Waals surface area contributed by atoms with E-state index in [-0.39, 0.29) is 29.7 Å². The molecule has 4 rings (SSSR count). The molecule has 1 aromatic carbocycles. The summed E-state index contributed by atoms with van der Waals surface area (Å²) in [5, 5.41) is 3.14. The van der Waals surface area contributed by atoms with E-state index in [0.29, 0.717) is 19.7 Å². The minimum atomic E-state index is -0.109. The molecule has 30 heavy (non-hydrogen) atoms. The first-order valence-corrected chi connectivity index (χ1v) is 10.8. The van der Waals surface area contributed by atoms with E-state index in [9.17, 15) is 9.59 Å². The van der Waals surface area contributed by atoms with Crippen LogP contribution in [0.2, 0.25) is 0 Å². The maximum absolute atomic E-state index is 12.7. The number of nitrogens with one attached hydrogen (secondary N) is 1. The highest BCUT2D eigenvalue weighted by molar-refractivity contribution is 5.82. The zero-order valence-corrected chi connectivity index (χ0v) is 17.4. The summed E-state index contributed by atoms with van der Waals surface area (Å²) in [6.07, 6.45) is 5.29. The highest BCUT2D eigenvalue weighted by Crippen LogP contribution is 2.32. The number of aromatic nitrogens is 1. The van der Waals surface area contributed by atoms with Crippen LogP contribution in [0.15, 0.2) is 48.7 Å². The molecule has 0 radical (unpaired) electrons. The summed E-state index contributed by atoms with van der Waals surface area (Å²) in [4.78, 5) is 31.1. The number of nitrogens with zero attached hydrogens (tertiary/aromatic N) is 2. The molecular formula is C24H29N3O3. The third kappa shape index (κ3) is 5.17. The van der Waals surface area contributed by atoms with Crippen molar-refractivity contribution in [1.29, 1.82) is 0 Å². The van der Waals surface area contributed by atoms with Gasteiger partial charge in [0.05, 0.1) is 11.7 Å². The minimum absolute atomic E-state index is 0.0284. The number of piperidine rings is 1. The fourth-order valence-corrected chi connectivity index (χ4v) is 3.88. The molecule has 2 aromatic rings. The average Bonchev–Trinajstić information content (AvgIpc) is 3.64. The summed E-state index contributed by atoms with van der Waals surface area (Å²) in [5.74, 6) is 1.33. The van der Waals surface area contributed by atoms with E-state index in [1.807, 2.05) is 54.3 Å².